The quantitative estimate of drug-likeness (QED) is 0.858. The molecule has 6 nitrogen and oxygen atoms in total. The Kier molecular flexibility index (Phi) is 4.19. The molecule has 2 fully saturated rings. The minimum Gasteiger partial charge on any atom is -0.392 e. The molecule has 0 bridgehead atoms. The van der Waals surface area contributed by atoms with E-state index < -0.39 is 16.1 Å². The maximum atomic E-state index is 12.2. The number of hydrogen-bond donors (Lipinski definition) is 1. The molecule has 1 spiro atoms. The summed E-state index contributed by atoms with van der Waals surface area (Å²) in [4.78, 5) is 4.35. The van der Waals surface area contributed by atoms with Gasteiger partial charge < -0.3 is 9.67 Å². The smallest absolute Gasteiger partial charge is 0.213 e. The Morgan fingerprint density at radius 1 is 1.21 bits per heavy atom. The second-order valence-corrected chi connectivity index (χ2v) is 10.8. The molecule has 3 aliphatic rings. The maximum absolute atomic E-state index is 12.2. The average Bonchev–Trinajstić information content (AvgIpc) is 3.38. The van der Waals surface area contributed by atoms with Crippen molar-refractivity contribution in [3.05, 3.63) is 42.4 Å². The molecular formula is C21H27N3O3S. The Morgan fingerprint density at radius 2 is 1.96 bits per heavy atom. The van der Waals surface area contributed by atoms with Gasteiger partial charge in [-0.3, -0.25) is 0 Å². The molecule has 1 aromatic heterocycles. The van der Waals surface area contributed by atoms with Crippen LogP contribution < -0.4 is 0 Å². The lowest BCUT2D eigenvalue weighted by Gasteiger charge is -2.42. The van der Waals surface area contributed by atoms with Crippen molar-refractivity contribution in [2.45, 2.75) is 44.8 Å². The lowest BCUT2D eigenvalue weighted by Crippen LogP contribution is -2.47. The van der Waals surface area contributed by atoms with E-state index in [1.807, 2.05) is 12.5 Å². The molecule has 150 valence electrons. The lowest BCUT2D eigenvalue weighted by molar-refractivity contribution is -0.0145. The number of fused-ring (bicyclic) bond motifs is 3. The zero-order chi connectivity index (χ0) is 19.5. The van der Waals surface area contributed by atoms with E-state index in [0.29, 0.717) is 13.1 Å². The van der Waals surface area contributed by atoms with Crippen LogP contribution in [-0.2, 0) is 10.0 Å². The molecular weight excluding hydrogens is 374 g/mol. The van der Waals surface area contributed by atoms with E-state index in [9.17, 15) is 13.5 Å². The summed E-state index contributed by atoms with van der Waals surface area (Å²) in [7, 11) is -3.15. The Bertz CT molecular complexity index is 992. The van der Waals surface area contributed by atoms with Gasteiger partial charge in [0.05, 0.1) is 36.1 Å². The second kappa shape index (κ2) is 6.40. The van der Waals surface area contributed by atoms with Crippen LogP contribution in [0.2, 0.25) is 0 Å². The van der Waals surface area contributed by atoms with Crippen LogP contribution in [0.5, 0.6) is 0 Å². The van der Waals surface area contributed by atoms with Crippen molar-refractivity contribution in [1.82, 2.24) is 13.9 Å². The van der Waals surface area contributed by atoms with Gasteiger partial charge in [-0.25, -0.2) is 17.7 Å². The number of piperidine rings is 1. The van der Waals surface area contributed by atoms with E-state index in [1.165, 1.54) is 11.1 Å². The molecule has 1 aliphatic carbocycles. The first-order valence-electron chi connectivity index (χ1n) is 10.2. The first kappa shape index (κ1) is 18.3. The maximum Gasteiger partial charge on any atom is 0.213 e. The molecule has 28 heavy (non-hydrogen) atoms. The zero-order valence-electron chi connectivity index (χ0n) is 16.2. The predicted octanol–water partition coefficient (Wildman–Crippen LogP) is 2.66. The Labute approximate surface area is 166 Å². The van der Waals surface area contributed by atoms with Gasteiger partial charge >= 0.3 is 0 Å². The molecule has 2 aromatic rings. The van der Waals surface area contributed by atoms with Crippen LogP contribution in [-0.4, -0.2) is 52.3 Å². The summed E-state index contributed by atoms with van der Waals surface area (Å²) in [6.45, 7) is 2.75. The molecule has 1 saturated carbocycles. The number of aliphatic hydroxyl groups excluding tert-OH is 1. The summed E-state index contributed by atoms with van der Waals surface area (Å²) >= 11 is 0. The van der Waals surface area contributed by atoms with Crippen LogP contribution in [0, 0.1) is 11.3 Å². The minimum absolute atomic E-state index is 0.112. The first-order valence-corrected chi connectivity index (χ1v) is 11.8. The number of hydrogen-bond acceptors (Lipinski definition) is 4. The van der Waals surface area contributed by atoms with Gasteiger partial charge in [0, 0.05) is 24.6 Å². The summed E-state index contributed by atoms with van der Waals surface area (Å²) in [5.41, 5.74) is 3.44. The monoisotopic (exact) mass is 401 g/mol. The standard InChI is InChI=1S/C21H27N3O3S/c1-2-28(26,27)23-11-9-21(10-12-23)8-7-17(20(21)25)19-16-6-4-3-5-15(16)18-13-22-14-24(18)19/h3-6,13-14,17,19-20,25H,2,7-12H2,1H3/t17-,19+,20+/m0/s1. The van der Waals surface area contributed by atoms with Crippen molar-refractivity contribution in [3.8, 4) is 11.3 Å². The Hall–Kier alpha value is -1.70. The molecule has 0 amide bonds. The average molecular weight is 402 g/mol. The highest BCUT2D eigenvalue weighted by molar-refractivity contribution is 7.89. The van der Waals surface area contributed by atoms with Gasteiger partial charge in [0.2, 0.25) is 10.0 Å². The SMILES string of the molecule is CCS(=O)(=O)N1CCC2(CC[C@@H]([C@H]3c4ccccc4-c4cncn43)[C@H]2O)CC1. The van der Waals surface area contributed by atoms with Crippen LogP contribution in [0.4, 0.5) is 0 Å². The van der Waals surface area contributed by atoms with Crippen LogP contribution in [0.1, 0.15) is 44.2 Å². The summed E-state index contributed by atoms with van der Waals surface area (Å²) < 4.78 is 28.2. The second-order valence-electron chi connectivity index (χ2n) is 8.53. The third-order valence-electron chi connectivity index (χ3n) is 7.41. The minimum atomic E-state index is -3.15. The Balaban J connectivity index is 1.42. The third-order valence-corrected chi connectivity index (χ3v) is 9.29. The van der Waals surface area contributed by atoms with E-state index in [4.69, 9.17) is 0 Å². The van der Waals surface area contributed by atoms with Crippen molar-refractivity contribution in [2.24, 2.45) is 11.3 Å². The summed E-state index contributed by atoms with van der Waals surface area (Å²) in [5.74, 6) is 0.277. The number of imidazole rings is 1. The van der Waals surface area contributed by atoms with Gasteiger partial charge in [0.25, 0.3) is 0 Å². The normalized spacial score (nSPS) is 29.1. The fourth-order valence-electron chi connectivity index (χ4n) is 5.79. The lowest BCUT2D eigenvalue weighted by atomic mass is 9.73. The van der Waals surface area contributed by atoms with Gasteiger partial charge in [-0.2, -0.15) is 0 Å². The van der Waals surface area contributed by atoms with Gasteiger partial charge in [-0.05, 0) is 43.6 Å². The summed E-state index contributed by atoms with van der Waals surface area (Å²) in [6.07, 6.45) is 6.77. The number of rotatable bonds is 3. The van der Waals surface area contributed by atoms with E-state index in [1.54, 1.807) is 11.2 Å². The first-order chi connectivity index (χ1) is 13.5. The summed E-state index contributed by atoms with van der Waals surface area (Å²) in [5, 5.41) is 11.5. The fraction of sp³-hybridized carbons (Fsp3) is 0.571. The van der Waals surface area contributed by atoms with Crippen molar-refractivity contribution in [3.63, 3.8) is 0 Å². The molecule has 2 aliphatic heterocycles. The van der Waals surface area contributed by atoms with Gasteiger partial charge in [-0.1, -0.05) is 24.3 Å². The molecule has 3 heterocycles. The predicted molar refractivity (Wildman–Crippen MR) is 107 cm³/mol. The van der Waals surface area contributed by atoms with E-state index in [2.05, 4.69) is 33.8 Å². The highest BCUT2D eigenvalue weighted by atomic mass is 32.2. The molecule has 7 heteroatoms. The molecule has 1 N–H and O–H groups in total. The van der Waals surface area contributed by atoms with Gasteiger partial charge in [0.15, 0.2) is 0 Å². The topological polar surface area (TPSA) is 75.4 Å². The molecule has 1 saturated heterocycles. The van der Waals surface area contributed by atoms with Gasteiger partial charge in [0.1, 0.15) is 0 Å². The van der Waals surface area contributed by atoms with E-state index >= 15 is 0 Å². The fourth-order valence-corrected chi connectivity index (χ4v) is 6.90. The Morgan fingerprint density at radius 3 is 2.71 bits per heavy atom. The van der Waals surface area contributed by atoms with Crippen molar-refractivity contribution in [2.75, 3.05) is 18.8 Å². The molecule has 0 radical (unpaired) electrons. The third kappa shape index (κ3) is 2.52. The number of aromatic nitrogens is 2. The number of nitrogens with zero attached hydrogens (tertiary/aromatic N) is 3. The largest absolute Gasteiger partial charge is 0.392 e. The van der Waals surface area contributed by atoms with Gasteiger partial charge in [-0.15, -0.1) is 0 Å². The molecule has 1 aromatic carbocycles. The van der Waals surface area contributed by atoms with Crippen LogP contribution in [0.15, 0.2) is 36.8 Å². The zero-order valence-corrected chi connectivity index (χ0v) is 17.0. The summed E-state index contributed by atoms with van der Waals surface area (Å²) in [6, 6.07) is 8.53. The van der Waals surface area contributed by atoms with Crippen LogP contribution in [0.3, 0.4) is 0 Å². The number of aliphatic hydroxyl groups is 1. The van der Waals surface area contributed by atoms with Crippen LogP contribution >= 0.6 is 0 Å². The van der Waals surface area contributed by atoms with Crippen molar-refractivity contribution >= 4 is 10.0 Å². The highest BCUT2D eigenvalue weighted by Gasteiger charge is 2.53. The van der Waals surface area contributed by atoms with Crippen molar-refractivity contribution < 1.29 is 13.5 Å². The van der Waals surface area contributed by atoms with Crippen molar-refractivity contribution in [1.29, 1.82) is 0 Å². The van der Waals surface area contributed by atoms with E-state index in [0.717, 1.165) is 31.4 Å². The highest BCUT2D eigenvalue weighted by Crippen LogP contribution is 2.55. The van der Waals surface area contributed by atoms with E-state index in [-0.39, 0.29) is 23.1 Å². The number of sulfonamides is 1. The molecule has 3 atom stereocenters. The molecule has 0 unspecified atom stereocenters. The molecule has 5 rings (SSSR count). The number of benzene rings is 1. The van der Waals surface area contributed by atoms with Crippen LogP contribution in [0.25, 0.3) is 11.3 Å².